The molecule has 5 heterocycles. The molecule has 6 rings (SSSR count). The number of aromatic nitrogens is 7. The number of imidazole rings is 2. The Labute approximate surface area is 246 Å². The molecule has 5 aromatic heterocycles. The fourth-order valence-corrected chi connectivity index (χ4v) is 4.52. The molecule has 0 bridgehead atoms. The molecule has 0 aliphatic heterocycles. The minimum absolute atomic E-state index is 0.318. The van der Waals surface area contributed by atoms with E-state index in [0.29, 0.717) is 13.0 Å². The molecule has 11 nitrogen and oxygen atoms in total. The fraction of sp³-hybridized carbons (Fsp3) is 0.452. The van der Waals surface area contributed by atoms with Crippen LogP contribution in [0.4, 0.5) is 0 Å². The van der Waals surface area contributed by atoms with Gasteiger partial charge in [0.15, 0.2) is 0 Å². The minimum Gasteiger partial charge on any atom is -0.495 e. The predicted octanol–water partition coefficient (Wildman–Crippen LogP) is 5.17. The first-order valence-corrected chi connectivity index (χ1v) is 14.5. The Bertz CT molecular complexity index is 1580. The summed E-state index contributed by atoms with van der Waals surface area (Å²) in [6.45, 7) is 12.5. The Morgan fingerprint density at radius 2 is 1.90 bits per heavy atom. The Morgan fingerprint density at radius 1 is 1.10 bits per heavy atom. The highest BCUT2D eigenvalue weighted by molar-refractivity contribution is 5.78. The molecular formula is C31H42N8O3. The van der Waals surface area contributed by atoms with Gasteiger partial charge in [-0.3, -0.25) is 4.79 Å². The Kier molecular flexibility index (Phi) is 10.3. The third kappa shape index (κ3) is 7.94. The summed E-state index contributed by atoms with van der Waals surface area (Å²) in [6.07, 6.45) is 15.7. The lowest BCUT2D eigenvalue weighted by Gasteiger charge is -2.25. The molecule has 0 atom stereocenters. The van der Waals surface area contributed by atoms with Crippen molar-refractivity contribution in [3.05, 3.63) is 66.8 Å². The molecule has 1 saturated carbocycles. The maximum absolute atomic E-state index is 9.60. The summed E-state index contributed by atoms with van der Waals surface area (Å²) in [5.41, 5.74) is 5.45. The number of carbonyl (C=O) groups excluding carboxylic acids is 1. The van der Waals surface area contributed by atoms with Gasteiger partial charge in [-0.15, -0.1) is 5.10 Å². The van der Waals surface area contributed by atoms with Crippen LogP contribution in [0.3, 0.4) is 0 Å². The lowest BCUT2D eigenvalue weighted by molar-refractivity contribution is -0.138. The number of ether oxygens (including phenoxy) is 2. The minimum atomic E-state index is -0.318. The SMILES string of the molecule is CC.CC(C)(C)OC=O.COc1cc(-c2cn(Cc3cn4cc(CNCC5CCC5)ccc4n3)nn2)c2cncn2c1. The van der Waals surface area contributed by atoms with E-state index in [-0.39, 0.29) is 5.60 Å². The van der Waals surface area contributed by atoms with Crippen LogP contribution in [0.2, 0.25) is 0 Å². The van der Waals surface area contributed by atoms with Crippen molar-refractivity contribution in [2.75, 3.05) is 13.7 Å². The zero-order chi connectivity index (χ0) is 30.1. The average Bonchev–Trinajstić information content (AvgIpc) is 3.70. The number of methoxy groups -OCH3 is 1. The summed E-state index contributed by atoms with van der Waals surface area (Å²) >= 11 is 0. The van der Waals surface area contributed by atoms with Crippen molar-refractivity contribution in [1.29, 1.82) is 0 Å². The van der Waals surface area contributed by atoms with Crippen molar-refractivity contribution < 1.29 is 14.3 Å². The van der Waals surface area contributed by atoms with Crippen LogP contribution in [0.15, 0.2) is 55.5 Å². The summed E-state index contributed by atoms with van der Waals surface area (Å²) in [5.74, 6) is 1.60. The van der Waals surface area contributed by atoms with Crippen molar-refractivity contribution in [2.24, 2.45) is 5.92 Å². The number of fused-ring (bicyclic) bond motifs is 2. The molecule has 1 aliphatic rings. The summed E-state index contributed by atoms with van der Waals surface area (Å²) in [6, 6.07) is 6.17. The first-order chi connectivity index (χ1) is 20.3. The zero-order valence-electron chi connectivity index (χ0n) is 25.4. The molecule has 0 saturated heterocycles. The van der Waals surface area contributed by atoms with Crippen LogP contribution in [0.1, 0.15) is 65.1 Å². The molecular weight excluding hydrogens is 532 g/mol. The Morgan fingerprint density at radius 3 is 2.57 bits per heavy atom. The van der Waals surface area contributed by atoms with Crippen LogP contribution in [-0.2, 0) is 22.6 Å². The van der Waals surface area contributed by atoms with Gasteiger partial charge in [0, 0.05) is 24.5 Å². The zero-order valence-corrected chi connectivity index (χ0v) is 25.4. The van der Waals surface area contributed by atoms with E-state index in [1.54, 1.807) is 13.4 Å². The van der Waals surface area contributed by atoms with Gasteiger partial charge in [0.1, 0.15) is 22.7 Å². The molecule has 0 amide bonds. The second kappa shape index (κ2) is 14.1. The maximum atomic E-state index is 9.60. The second-order valence-corrected chi connectivity index (χ2v) is 11.1. The van der Waals surface area contributed by atoms with Gasteiger partial charge >= 0.3 is 0 Å². The van der Waals surface area contributed by atoms with E-state index in [0.717, 1.165) is 52.9 Å². The lowest BCUT2D eigenvalue weighted by Crippen LogP contribution is -2.26. The van der Waals surface area contributed by atoms with Crippen molar-refractivity contribution in [1.82, 2.24) is 39.1 Å². The molecule has 1 aliphatic carbocycles. The summed E-state index contributed by atoms with van der Waals surface area (Å²) < 4.78 is 15.8. The summed E-state index contributed by atoms with van der Waals surface area (Å²) in [4.78, 5) is 18.6. The van der Waals surface area contributed by atoms with Crippen molar-refractivity contribution in [3.63, 3.8) is 0 Å². The number of carbonyl (C=O) groups is 1. The number of nitrogens with one attached hydrogen (secondary N) is 1. The number of rotatable bonds is 9. The molecule has 0 unspecified atom stereocenters. The molecule has 0 spiro atoms. The van der Waals surface area contributed by atoms with Gasteiger partial charge in [0.25, 0.3) is 6.47 Å². The standard InChI is InChI=1S/C24H26N8O.C5H10O2.C2H6/c1-33-20-7-21(23-10-26-16-31(23)14-20)22-15-32(29-28-22)13-19-12-30-11-18(5-6-24(30)27-19)9-25-8-17-3-2-4-17;1-5(2,3)7-4-6;1-2/h5-7,10-12,14-17,25H,2-4,8-9,13H2,1H3;4H,1-3H3;1-2H3. The summed E-state index contributed by atoms with van der Waals surface area (Å²) in [5, 5.41) is 12.3. The number of hydrogen-bond acceptors (Lipinski definition) is 8. The first-order valence-electron chi connectivity index (χ1n) is 14.5. The van der Waals surface area contributed by atoms with Crippen LogP contribution in [0.5, 0.6) is 5.75 Å². The third-order valence-corrected chi connectivity index (χ3v) is 6.82. The number of pyridine rings is 2. The smallest absolute Gasteiger partial charge is 0.293 e. The van der Waals surface area contributed by atoms with Gasteiger partial charge in [-0.2, -0.15) is 0 Å². The highest BCUT2D eigenvalue weighted by Gasteiger charge is 2.16. The van der Waals surface area contributed by atoms with E-state index in [1.165, 1.54) is 24.8 Å². The third-order valence-electron chi connectivity index (χ3n) is 6.82. The molecule has 1 fully saturated rings. The normalized spacial score (nSPS) is 13.1. The van der Waals surface area contributed by atoms with Gasteiger partial charge < -0.3 is 23.6 Å². The Hall–Kier alpha value is -4.25. The molecule has 5 aromatic rings. The fourth-order valence-electron chi connectivity index (χ4n) is 4.52. The number of hydrogen-bond donors (Lipinski definition) is 1. The lowest BCUT2D eigenvalue weighted by atomic mass is 9.85. The summed E-state index contributed by atoms with van der Waals surface area (Å²) in [7, 11) is 1.65. The van der Waals surface area contributed by atoms with Crippen LogP contribution >= 0.6 is 0 Å². The monoisotopic (exact) mass is 574 g/mol. The molecule has 11 heteroatoms. The van der Waals surface area contributed by atoms with Crippen LogP contribution in [0, 0.1) is 5.92 Å². The van der Waals surface area contributed by atoms with Crippen LogP contribution in [0.25, 0.3) is 22.4 Å². The van der Waals surface area contributed by atoms with Gasteiger partial charge in [0.05, 0.1) is 49.8 Å². The molecule has 0 aromatic carbocycles. The Balaban J connectivity index is 0.000000398. The average molecular weight is 575 g/mol. The molecule has 224 valence electrons. The highest BCUT2D eigenvalue weighted by Crippen LogP contribution is 2.27. The molecule has 1 N–H and O–H groups in total. The quantitative estimate of drug-likeness (QED) is 0.240. The van der Waals surface area contributed by atoms with Gasteiger partial charge in [0.2, 0.25) is 0 Å². The molecule has 42 heavy (non-hydrogen) atoms. The van der Waals surface area contributed by atoms with Gasteiger partial charge in [-0.1, -0.05) is 31.5 Å². The largest absolute Gasteiger partial charge is 0.495 e. The van der Waals surface area contributed by atoms with Crippen LogP contribution in [-0.4, -0.2) is 59.5 Å². The van der Waals surface area contributed by atoms with E-state index >= 15 is 0 Å². The van der Waals surface area contributed by atoms with Crippen LogP contribution < -0.4 is 10.1 Å². The van der Waals surface area contributed by atoms with Crippen molar-refractivity contribution >= 4 is 17.6 Å². The topological polar surface area (TPSA) is 113 Å². The molecule has 0 radical (unpaired) electrons. The highest BCUT2D eigenvalue weighted by atomic mass is 16.5. The van der Waals surface area contributed by atoms with Crippen molar-refractivity contribution in [2.45, 2.75) is 72.6 Å². The first kappa shape index (κ1) is 30.7. The predicted molar refractivity (Wildman–Crippen MR) is 162 cm³/mol. The maximum Gasteiger partial charge on any atom is 0.293 e. The van der Waals surface area contributed by atoms with E-state index in [1.807, 2.05) is 68.4 Å². The van der Waals surface area contributed by atoms with E-state index < -0.39 is 0 Å². The van der Waals surface area contributed by atoms with Gasteiger partial charge in [-0.25, -0.2) is 14.6 Å². The van der Waals surface area contributed by atoms with E-state index in [2.05, 4.69) is 54.3 Å². The second-order valence-electron chi connectivity index (χ2n) is 11.1. The van der Waals surface area contributed by atoms with Crippen molar-refractivity contribution in [3.8, 4) is 17.0 Å². The van der Waals surface area contributed by atoms with Gasteiger partial charge in [-0.05, 0) is 63.8 Å². The van der Waals surface area contributed by atoms with E-state index in [4.69, 9.17) is 9.72 Å². The number of nitrogens with zero attached hydrogens (tertiary/aromatic N) is 7. The van der Waals surface area contributed by atoms with E-state index in [9.17, 15) is 4.79 Å².